The highest BCUT2D eigenvalue weighted by Gasteiger charge is 2.30. The number of rotatable bonds is 13. The van der Waals surface area contributed by atoms with E-state index in [0.717, 1.165) is 37.8 Å². The lowest BCUT2D eigenvalue weighted by atomic mass is 9.98. The van der Waals surface area contributed by atoms with Gasteiger partial charge in [-0.15, -0.1) is 5.10 Å². The van der Waals surface area contributed by atoms with E-state index in [1.807, 2.05) is 13.8 Å². The predicted octanol–water partition coefficient (Wildman–Crippen LogP) is 6.52. The van der Waals surface area contributed by atoms with Gasteiger partial charge in [-0.05, 0) is 56.2 Å². The van der Waals surface area contributed by atoms with Crippen LogP contribution in [-0.4, -0.2) is 40.5 Å². The molecule has 200 valence electrons. The topological polar surface area (TPSA) is 78.3 Å². The van der Waals surface area contributed by atoms with Gasteiger partial charge in [-0.3, -0.25) is 4.79 Å². The van der Waals surface area contributed by atoms with Crippen LogP contribution in [0.15, 0.2) is 48.5 Å². The molecule has 1 atom stereocenters. The zero-order chi connectivity index (χ0) is 26.8. The number of halogens is 3. The van der Waals surface area contributed by atoms with Crippen LogP contribution in [0.3, 0.4) is 0 Å². The van der Waals surface area contributed by atoms with Gasteiger partial charge in [-0.1, -0.05) is 38.8 Å². The van der Waals surface area contributed by atoms with Crippen molar-refractivity contribution in [2.75, 3.05) is 25.1 Å². The second-order valence-electron chi connectivity index (χ2n) is 8.53. The minimum absolute atomic E-state index is 0.0140. The smallest absolute Gasteiger partial charge is 0.416 e. The lowest BCUT2D eigenvalue weighted by Crippen LogP contribution is -2.22. The maximum Gasteiger partial charge on any atom is 0.416 e. The number of carbonyl (C=O) groups excluding carboxylic acids is 1. The van der Waals surface area contributed by atoms with Crippen molar-refractivity contribution in [2.24, 2.45) is 5.92 Å². The molecule has 1 amide bonds. The number of benzene rings is 2. The van der Waals surface area contributed by atoms with E-state index in [1.54, 1.807) is 24.3 Å². The summed E-state index contributed by atoms with van der Waals surface area (Å²) in [7, 11) is 0. The summed E-state index contributed by atoms with van der Waals surface area (Å²) in [5.41, 5.74) is 0.949. The summed E-state index contributed by atoms with van der Waals surface area (Å²) in [6.07, 6.45) is -0.787. The van der Waals surface area contributed by atoms with E-state index in [0.29, 0.717) is 36.0 Å². The summed E-state index contributed by atoms with van der Waals surface area (Å²) in [5.74, 6) is 0.264. The number of hydrogen-bond acceptors (Lipinski definition) is 5. The molecular formula is C27H33F3N4O3. The molecule has 1 heterocycles. The summed E-state index contributed by atoms with van der Waals surface area (Å²) >= 11 is 0. The molecule has 0 aliphatic rings. The molecule has 0 saturated heterocycles. The summed E-state index contributed by atoms with van der Waals surface area (Å²) in [6, 6.07) is 11.8. The van der Waals surface area contributed by atoms with Gasteiger partial charge >= 0.3 is 12.2 Å². The molecule has 0 unspecified atom stereocenters. The van der Waals surface area contributed by atoms with E-state index in [9.17, 15) is 18.0 Å². The molecule has 37 heavy (non-hydrogen) atoms. The lowest BCUT2D eigenvalue weighted by molar-refractivity contribution is -0.137. The predicted molar refractivity (Wildman–Crippen MR) is 136 cm³/mol. The highest BCUT2D eigenvalue weighted by molar-refractivity contribution is 5.92. The number of anilines is 1. The van der Waals surface area contributed by atoms with Crippen LogP contribution in [0.4, 0.5) is 18.9 Å². The lowest BCUT2D eigenvalue weighted by Gasteiger charge is -2.15. The van der Waals surface area contributed by atoms with Crippen molar-refractivity contribution in [1.29, 1.82) is 0 Å². The molecule has 3 rings (SSSR count). The van der Waals surface area contributed by atoms with Crippen molar-refractivity contribution >= 4 is 11.6 Å². The fourth-order valence-corrected chi connectivity index (χ4v) is 3.77. The van der Waals surface area contributed by atoms with Gasteiger partial charge in [-0.2, -0.15) is 18.2 Å². The number of aromatic nitrogens is 3. The number of ether oxygens (including phenoxy) is 2. The van der Waals surface area contributed by atoms with Crippen LogP contribution in [0.2, 0.25) is 0 Å². The molecule has 0 spiro atoms. The molecule has 0 bridgehead atoms. The zero-order valence-corrected chi connectivity index (χ0v) is 21.3. The Kier molecular flexibility index (Phi) is 10.1. The molecule has 7 nitrogen and oxygen atoms in total. The average molecular weight is 519 g/mol. The van der Waals surface area contributed by atoms with Crippen molar-refractivity contribution in [3.63, 3.8) is 0 Å². The first-order valence-electron chi connectivity index (χ1n) is 12.5. The van der Waals surface area contributed by atoms with Crippen LogP contribution in [-0.2, 0) is 15.7 Å². The molecule has 1 N–H and O–H groups in total. The molecule has 0 aliphatic carbocycles. The number of hydrogen-bond donors (Lipinski definition) is 1. The van der Waals surface area contributed by atoms with Gasteiger partial charge in [0.15, 0.2) is 5.82 Å². The van der Waals surface area contributed by atoms with Crippen molar-refractivity contribution < 1.29 is 27.4 Å². The Morgan fingerprint density at radius 1 is 1.03 bits per heavy atom. The number of unbranched alkanes of at least 4 members (excludes halogenated alkanes) is 1. The highest BCUT2D eigenvalue weighted by atomic mass is 19.4. The third-order valence-electron chi connectivity index (χ3n) is 5.87. The van der Waals surface area contributed by atoms with Crippen molar-refractivity contribution in [3.05, 3.63) is 54.1 Å². The summed E-state index contributed by atoms with van der Waals surface area (Å²) < 4.78 is 51.5. The second kappa shape index (κ2) is 13.2. The Labute approximate surface area is 215 Å². The van der Waals surface area contributed by atoms with E-state index in [-0.39, 0.29) is 24.4 Å². The van der Waals surface area contributed by atoms with Gasteiger partial charge in [0.2, 0.25) is 5.91 Å². The quantitative estimate of drug-likeness (QED) is 0.261. The summed E-state index contributed by atoms with van der Waals surface area (Å²) in [5, 5.41) is 7.37. The second-order valence-corrected chi connectivity index (χ2v) is 8.53. The van der Waals surface area contributed by atoms with Gasteiger partial charge in [-0.25, -0.2) is 4.68 Å². The van der Waals surface area contributed by atoms with Crippen LogP contribution in [0, 0.1) is 5.92 Å². The average Bonchev–Trinajstić information content (AvgIpc) is 3.31. The summed E-state index contributed by atoms with van der Waals surface area (Å²) in [6.45, 7) is 7.10. The first-order chi connectivity index (χ1) is 17.8. The maximum absolute atomic E-state index is 13.0. The van der Waals surface area contributed by atoms with Crippen LogP contribution in [0.5, 0.6) is 6.01 Å². The largest absolute Gasteiger partial charge is 0.460 e. The molecule has 1 aromatic heterocycles. The van der Waals surface area contributed by atoms with E-state index in [1.165, 1.54) is 16.8 Å². The molecule has 3 aromatic rings. The number of amides is 1. The minimum atomic E-state index is -4.44. The van der Waals surface area contributed by atoms with Crippen molar-refractivity contribution in [3.8, 4) is 23.1 Å². The number of alkyl halides is 3. The molecule has 10 heteroatoms. The zero-order valence-electron chi connectivity index (χ0n) is 21.3. The van der Waals surface area contributed by atoms with Crippen molar-refractivity contribution in [2.45, 2.75) is 52.6 Å². The van der Waals surface area contributed by atoms with Gasteiger partial charge in [0, 0.05) is 23.8 Å². The standard InChI is InChI=1S/C27H33F3N4O3/c1-4-7-8-19(5-2)25(35)31-22-13-15-23(16-14-22)34-24(32-26(33-34)37-18-17-36-6-3)20-9-11-21(12-10-20)27(28,29)30/h9-16,19H,4-8,17-18H2,1-3H3,(H,31,35)/t19-/m0/s1. The maximum atomic E-state index is 13.0. The first-order valence-corrected chi connectivity index (χ1v) is 12.5. The SMILES string of the molecule is CCCC[C@H](CC)C(=O)Nc1ccc(-n2nc(OCCOCC)nc2-c2ccc(C(F)(F)F)cc2)cc1. The van der Waals surface area contributed by atoms with E-state index < -0.39 is 11.7 Å². The molecule has 0 saturated carbocycles. The number of carbonyl (C=O) groups is 1. The highest BCUT2D eigenvalue weighted by Crippen LogP contribution is 2.31. The molecule has 0 fully saturated rings. The van der Waals surface area contributed by atoms with Crippen LogP contribution in [0.1, 0.15) is 52.0 Å². The minimum Gasteiger partial charge on any atom is -0.460 e. The van der Waals surface area contributed by atoms with E-state index >= 15 is 0 Å². The van der Waals surface area contributed by atoms with Gasteiger partial charge in [0.05, 0.1) is 17.9 Å². The third kappa shape index (κ3) is 7.79. The van der Waals surface area contributed by atoms with Crippen LogP contribution < -0.4 is 10.1 Å². The Hall–Kier alpha value is -3.40. The van der Waals surface area contributed by atoms with Crippen molar-refractivity contribution in [1.82, 2.24) is 14.8 Å². The monoisotopic (exact) mass is 518 g/mol. The van der Waals surface area contributed by atoms with E-state index in [2.05, 4.69) is 22.3 Å². The van der Waals surface area contributed by atoms with Crippen LogP contribution >= 0.6 is 0 Å². The normalized spacial score (nSPS) is 12.4. The molecular weight excluding hydrogens is 485 g/mol. The Morgan fingerprint density at radius 3 is 2.32 bits per heavy atom. The Balaban J connectivity index is 1.85. The molecule has 0 radical (unpaired) electrons. The first kappa shape index (κ1) is 28.2. The van der Waals surface area contributed by atoms with Crippen LogP contribution in [0.25, 0.3) is 17.1 Å². The Morgan fingerprint density at radius 2 is 1.73 bits per heavy atom. The Bertz CT molecular complexity index is 1130. The fraction of sp³-hybridized carbons (Fsp3) is 0.444. The molecule has 0 aliphatic heterocycles. The van der Waals surface area contributed by atoms with Gasteiger partial charge < -0.3 is 14.8 Å². The van der Waals surface area contributed by atoms with E-state index in [4.69, 9.17) is 9.47 Å². The fourth-order valence-electron chi connectivity index (χ4n) is 3.77. The van der Waals surface area contributed by atoms with Gasteiger partial charge in [0.25, 0.3) is 0 Å². The third-order valence-corrected chi connectivity index (χ3v) is 5.87. The van der Waals surface area contributed by atoms with Gasteiger partial charge in [0.1, 0.15) is 6.61 Å². The number of nitrogens with zero attached hydrogens (tertiary/aromatic N) is 3. The number of nitrogens with one attached hydrogen (secondary N) is 1. The summed E-state index contributed by atoms with van der Waals surface area (Å²) in [4.78, 5) is 17.0. The molecule has 2 aromatic carbocycles.